The van der Waals surface area contributed by atoms with Gasteiger partial charge in [0, 0.05) is 56.0 Å². The van der Waals surface area contributed by atoms with Crippen LogP contribution in [0.2, 0.25) is 0 Å². The van der Waals surface area contributed by atoms with Gasteiger partial charge in [0.15, 0.2) is 0 Å². The summed E-state index contributed by atoms with van der Waals surface area (Å²) in [7, 11) is 0. The lowest BCUT2D eigenvalue weighted by molar-refractivity contribution is -0.143. The van der Waals surface area contributed by atoms with E-state index in [0.29, 0.717) is 35.4 Å². The number of aromatic nitrogens is 1. The minimum atomic E-state index is -0.171. The molecule has 5 fully saturated rings. The van der Waals surface area contributed by atoms with Crippen molar-refractivity contribution in [2.45, 2.75) is 105 Å². The van der Waals surface area contributed by atoms with Gasteiger partial charge in [-0.25, -0.2) is 4.98 Å². The molecule has 2 heterocycles. The lowest BCUT2D eigenvalue weighted by Gasteiger charge is -2.61. The number of nitrogens with zero attached hydrogens (tertiary/aromatic N) is 4. The van der Waals surface area contributed by atoms with E-state index in [1.165, 1.54) is 38.5 Å². The monoisotopic (exact) mass is 642 g/mol. The Kier molecular flexibility index (Phi) is 10.1. The van der Waals surface area contributed by atoms with Gasteiger partial charge in [-0.2, -0.15) is 0 Å². The van der Waals surface area contributed by atoms with Gasteiger partial charge in [-0.15, -0.1) is 0 Å². The van der Waals surface area contributed by atoms with Crippen molar-refractivity contribution < 1.29 is 14.4 Å². The summed E-state index contributed by atoms with van der Waals surface area (Å²) in [5.41, 5.74) is 1.51. The van der Waals surface area contributed by atoms with Crippen molar-refractivity contribution in [2.75, 3.05) is 39.3 Å². The molecule has 5 aliphatic rings. The van der Waals surface area contributed by atoms with E-state index in [9.17, 15) is 14.4 Å². The maximum atomic E-state index is 13.5. The molecule has 256 valence electrons. The van der Waals surface area contributed by atoms with Crippen molar-refractivity contribution in [3.63, 3.8) is 0 Å². The maximum Gasteiger partial charge on any atom is 0.272 e. The molecule has 4 aliphatic carbocycles. The Morgan fingerprint density at radius 3 is 2.43 bits per heavy atom. The smallest absolute Gasteiger partial charge is 0.272 e. The summed E-state index contributed by atoms with van der Waals surface area (Å²) in [6, 6.07) is 12.1. The normalized spacial score (nSPS) is 33.7. The molecule has 0 N–H and O–H groups in total. The van der Waals surface area contributed by atoms with Gasteiger partial charge in [0.1, 0.15) is 18.0 Å². The van der Waals surface area contributed by atoms with E-state index < -0.39 is 0 Å². The third-order valence-corrected chi connectivity index (χ3v) is 13.4. The molecular formula is C40H58N4O3. The van der Waals surface area contributed by atoms with Crippen LogP contribution < -0.4 is 0 Å². The third kappa shape index (κ3) is 6.26. The van der Waals surface area contributed by atoms with Crippen molar-refractivity contribution in [1.29, 1.82) is 0 Å². The number of pyridine rings is 1. The molecule has 7 atom stereocenters. The third-order valence-electron chi connectivity index (χ3n) is 13.4. The lowest BCUT2D eigenvalue weighted by atomic mass is 9.45. The first-order chi connectivity index (χ1) is 22.7. The van der Waals surface area contributed by atoms with Crippen molar-refractivity contribution in [3.05, 3.63) is 42.1 Å². The highest BCUT2D eigenvalue weighted by Crippen LogP contribution is 2.65. The van der Waals surface area contributed by atoms with Crippen LogP contribution in [0.1, 0.15) is 109 Å². The number of hydrogen-bond donors (Lipinski definition) is 0. The number of benzene rings is 1. The van der Waals surface area contributed by atoms with Crippen LogP contribution >= 0.6 is 0 Å². The van der Waals surface area contributed by atoms with Gasteiger partial charge < -0.3 is 9.80 Å². The number of fused-ring (bicyclic) bond motifs is 6. The molecule has 7 nitrogen and oxygen atoms in total. The predicted molar refractivity (Wildman–Crippen MR) is 188 cm³/mol. The van der Waals surface area contributed by atoms with Crippen molar-refractivity contribution in [2.24, 2.45) is 34.5 Å². The van der Waals surface area contributed by atoms with E-state index in [0.717, 1.165) is 80.5 Å². The zero-order chi connectivity index (χ0) is 33.3. The lowest BCUT2D eigenvalue weighted by Crippen LogP contribution is -2.59. The van der Waals surface area contributed by atoms with Crippen LogP contribution in [0.3, 0.4) is 0 Å². The van der Waals surface area contributed by atoms with Gasteiger partial charge in [0.2, 0.25) is 5.91 Å². The standard InChI is InChI=1S/C38H52N4O3.C2H6/c1-4-19-42(36(45)33-15-9-26-7-5-6-8-32(26)39-33)25-35(44)41-22-20-40(21-23-41)28-12-10-27-11-13-29-30-14-16-34(43)37(30,2)18-17-31(29)38(27,3)24-28;1-2/h5-9,15,27-31H,4,10-14,16-25H2,1-3H3;1-2H3. The highest BCUT2D eigenvalue weighted by molar-refractivity contribution is 5.97. The van der Waals surface area contributed by atoms with Gasteiger partial charge in [0.25, 0.3) is 5.91 Å². The largest absolute Gasteiger partial charge is 0.339 e. The first-order valence-corrected chi connectivity index (χ1v) is 18.9. The zero-order valence-corrected chi connectivity index (χ0v) is 29.7. The summed E-state index contributed by atoms with van der Waals surface area (Å²) in [6.45, 7) is 14.9. The molecule has 1 aromatic carbocycles. The van der Waals surface area contributed by atoms with Crippen molar-refractivity contribution >= 4 is 28.5 Å². The predicted octanol–water partition coefficient (Wildman–Crippen LogP) is 7.24. The summed E-state index contributed by atoms with van der Waals surface area (Å²) < 4.78 is 0. The molecule has 1 aromatic heterocycles. The molecule has 0 radical (unpaired) electrons. The Morgan fingerprint density at radius 1 is 0.915 bits per heavy atom. The van der Waals surface area contributed by atoms with Gasteiger partial charge in [-0.3, -0.25) is 19.3 Å². The molecule has 4 saturated carbocycles. The number of para-hydroxylation sites is 1. The number of rotatable bonds is 6. The quantitative estimate of drug-likeness (QED) is 0.332. The Balaban J connectivity index is 0.00000190. The van der Waals surface area contributed by atoms with Crippen LogP contribution in [0, 0.1) is 34.5 Å². The Hall–Kier alpha value is -2.80. The van der Waals surface area contributed by atoms with Crippen LogP contribution in [0.15, 0.2) is 36.4 Å². The summed E-state index contributed by atoms with van der Waals surface area (Å²) in [5, 5.41) is 1.00. The fourth-order valence-electron chi connectivity index (χ4n) is 10.9. The summed E-state index contributed by atoms with van der Waals surface area (Å²) >= 11 is 0. The average molecular weight is 643 g/mol. The van der Waals surface area contributed by atoms with Crippen molar-refractivity contribution in [3.8, 4) is 0 Å². The van der Waals surface area contributed by atoms with E-state index in [2.05, 4.69) is 23.7 Å². The fourth-order valence-corrected chi connectivity index (χ4v) is 10.9. The highest BCUT2D eigenvalue weighted by Gasteiger charge is 2.60. The van der Waals surface area contributed by atoms with Crippen LogP contribution in [0.25, 0.3) is 10.9 Å². The molecule has 47 heavy (non-hydrogen) atoms. The molecule has 0 spiro atoms. The van der Waals surface area contributed by atoms with Crippen LogP contribution in [0.4, 0.5) is 0 Å². The minimum Gasteiger partial charge on any atom is -0.339 e. The average Bonchev–Trinajstić information content (AvgIpc) is 3.41. The summed E-state index contributed by atoms with van der Waals surface area (Å²) in [6.07, 6.45) is 11.6. The van der Waals surface area contributed by atoms with E-state index in [1.54, 1.807) is 11.0 Å². The minimum absolute atomic E-state index is 0.0411. The van der Waals surface area contributed by atoms with E-state index >= 15 is 0 Å². The fraction of sp³-hybridized carbons (Fsp3) is 0.700. The molecule has 1 saturated heterocycles. The van der Waals surface area contributed by atoms with Gasteiger partial charge in [0.05, 0.1) is 5.52 Å². The van der Waals surface area contributed by atoms with E-state index in [4.69, 9.17) is 0 Å². The molecule has 2 aromatic rings. The Bertz CT molecular complexity index is 1450. The van der Waals surface area contributed by atoms with E-state index in [1.807, 2.05) is 56.0 Å². The second-order valence-electron chi connectivity index (χ2n) is 15.5. The van der Waals surface area contributed by atoms with E-state index in [-0.39, 0.29) is 23.8 Å². The first kappa shape index (κ1) is 34.1. The van der Waals surface area contributed by atoms with Crippen LogP contribution in [0.5, 0.6) is 0 Å². The number of amides is 2. The molecule has 7 heteroatoms. The molecule has 0 bridgehead atoms. The van der Waals surface area contributed by atoms with Crippen molar-refractivity contribution in [1.82, 2.24) is 19.7 Å². The second-order valence-corrected chi connectivity index (χ2v) is 15.5. The van der Waals surface area contributed by atoms with Gasteiger partial charge >= 0.3 is 0 Å². The molecule has 7 rings (SSSR count). The molecule has 7 unspecified atom stereocenters. The number of ketones is 1. The maximum absolute atomic E-state index is 13.5. The molecular weight excluding hydrogens is 584 g/mol. The summed E-state index contributed by atoms with van der Waals surface area (Å²) in [4.78, 5) is 50.8. The second kappa shape index (κ2) is 14.0. The summed E-state index contributed by atoms with van der Waals surface area (Å²) in [5.74, 6) is 3.31. The molecule has 2 amide bonds. The zero-order valence-electron chi connectivity index (χ0n) is 29.7. The topological polar surface area (TPSA) is 73.8 Å². The number of piperazine rings is 1. The SMILES string of the molecule is CC.CCCN(CC(=O)N1CCN(C2CCC3CCC4C5CCC(=O)C5(C)CCC4C3(C)C2)CC1)C(=O)c1ccc2ccccc2n1. The number of hydrogen-bond acceptors (Lipinski definition) is 5. The van der Waals surface area contributed by atoms with Crippen LogP contribution in [-0.4, -0.2) is 82.6 Å². The first-order valence-electron chi connectivity index (χ1n) is 18.9. The van der Waals surface area contributed by atoms with Gasteiger partial charge in [-0.1, -0.05) is 58.9 Å². The number of carbonyl (C=O) groups excluding carboxylic acids is 3. The Labute approximate surface area is 282 Å². The number of carbonyl (C=O) groups is 3. The highest BCUT2D eigenvalue weighted by atomic mass is 16.2. The van der Waals surface area contributed by atoms with Crippen LogP contribution in [-0.2, 0) is 9.59 Å². The van der Waals surface area contributed by atoms with Gasteiger partial charge in [-0.05, 0) is 99.0 Å². The Morgan fingerprint density at radius 2 is 1.66 bits per heavy atom. The molecule has 1 aliphatic heterocycles. The number of Topliss-reactive ketones (excluding diaryl/α,β-unsaturated/α-hetero) is 1.